The average Bonchev–Trinajstić information content (AvgIpc) is 2.64. The van der Waals surface area contributed by atoms with Crippen molar-refractivity contribution < 1.29 is 23.8 Å². The number of carbonyl (C=O) groups is 2. The maximum absolute atomic E-state index is 12.5. The topological polar surface area (TPSA) is 73.9 Å². The summed E-state index contributed by atoms with van der Waals surface area (Å²) in [5.74, 6) is -0.245. The lowest BCUT2D eigenvalue weighted by molar-refractivity contribution is -0.165. The van der Waals surface area contributed by atoms with E-state index >= 15 is 0 Å². The number of esters is 1. The normalized spacial score (nSPS) is 19.1. The number of anilines is 1. The summed E-state index contributed by atoms with van der Waals surface area (Å²) in [6.07, 6.45) is -2.62. The molecule has 2 aromatic carbocycles. The molecule has 0 saturated carbocycles. The second-order valence-electron chi connectivity index (χ2n) is 5.98. The molecular weight excluding hydrogens is 393 g/mol. The van der Waals surface area contributed by atoms with Crippen molar-refractivity contribution in [2.45, 2.75) is 32.2 Å². The quantitative estimate of drug-likeness (QED) is 0.769. The Labute approximate surface area is 166 Å². The van der Waals surface area contributed by atoms with Crippen LogP contribution >= 0.6 is 23.2 Å². The van der Waals surface area contributed by atoms with Gasteiger partial charge in [-0.1, -0.05) is 41.4 Å². The molecule has 1 amide bonds. The van der Waals surface area contributed by atoms with Gasteiger partial charge in [0.25, 0.3) is 5.91 Å². The van der Waals surface area contributed by atoms with E-state index in [2.05, 4.69) is 5.32 Å². The van der Waals surface area contributed by atoms with E-state index in [1.54, 1.807) is 49.4 Å². The molecule has 0 aliphatic carbocycles. The molecule has 3 rings (SSSR count). The lowest BCUT2D eigenvalue weighted by atomic mass is 10.2. The van der Waals surface area contributed by atoms with Gasteiger partial charge in [-0.15, -0.1) is 0 Å². The number of halogens is 2. The summed E-state index contributed by atoms with van der Waals surface area (Å²) in [6.45, 7) is 3.15. The smallest absolute Gasteiger partial charge is 0.352 e. The van der Waals surface area contributed by atoms with Gasteiger partial charge in [0, 0.05) is 0 Å². The van der Waals surface area contributed by atoms with Crippen LogP contribution in [-0.2, 0) is 14.3 Å². The van der Waals surface area contributed by atoms with E-state index in [1.165, 1.54) is 6.92 Å². The van der Waals surface area contributed by atoms with E-state index in [0.29, 0.717) is 22.2 Å². The zero-order valence-electron chi connectivity index (χ0n) is 14.6. The summed E-state index contributed by atoms with van der Waals surface area (Å²) >= 11 is 12.0. The molecule has 6 nitrogen and oxygen atoms in total. The number of hydrogen-bond acceptors (Lipinski definition) is 5. The third-order valence-corrected chi connectivity index (χ3v) is 4.77. The summed E-state index contributed by atoms with van der Waals surface area (Å²) < 4.78 is 16.6. The van der Waals surface area contributed by atoms with Gasteiger partial charge in [0.15, 0.2) is 17.6 Å². The number of para-hydroxylation sites is 2. The van der Waals surface area contributed by atoms with Crippen molar-refractivity contribution in [1.29, 1.82) is 0 Å². The predicted octanol–water partition coefficient (Wildman–Crippen LogP) is 4.09. The van der Waals surface area contributed by atoms with Crippen LogP contribution in [-0.4, -0.2) is 30.2 Å². The van der Waals surface area contributed by atoms with E-state index in [4.69, 9.17) is 37.4 Å². The molecular formula is C19H17Cl2NO5. The zero-order valence-corrected chi connectivity index (χ0v) is 16.1. The molecule has 0 aromatic heterocycles. The Bertz CT molecular complexity index is 873. The molecule has 3 atom stereocenters. The van der Waals surface area contributed by atoms with Gasteiger partial charge >= 0.3 is 5.97 Å². The monoisotopic (exact) mass is 409 g/mol. The third-order valence-electron chi connectivity index (χ3n) is 3.95. The molecule has 1 N–H and O–H groups in total. The van der Waals surface area contributed by atoms with Crippen LogP contribution in [0.25, 0.3) is 0 Å². The molecule has 0 bridgehead atoms. The summed E-state index contributed by atoms with van der Waals surface area (Å²) in [4.78, 5) is 24.8. The lowest BCUT2D eigenvalue weighted by Crippen LogP contribution is -2.46. The number of fused-ring (bicyclic) bond motifs is 1. The van der Waals surface area contributed by atoms with Crippen molar-refractivity contribution in [3.63, 3.8) is 0 Å². The fourth-order valence-corrected chi connectivity index (χ4v) is 2.86. The highest BCUT2D eigenvalue weighted by Gasteiger charge is 2.37. The van der Waals surface area contributed by atoms with Gasteiger partial charge in [0.2, 0.25) is 6.10 Å². The van der Waals surface area contributed by atoms with Crippen LogP contribution in [0.1, 0.15) is 13.8 Å². The van der Waals surface area contributed by atoms with Gasteiger partial charge < -0.3 is 19.5 Å². The van der Waals surface area contributed by atoms with Crippen LogP contribution < -0.4 is 14.8 Å². The molecule has 27 heavy (non-hydrogen) atoms. The Morgan fingerprint density at radius 1 is 1.07 bits per heavy atom. The molecule has 142 valence electrons. The number of rotatable bonds is 4. The van der Waals surface area contributed by atoms with Crippen molar-refractivity contribution in [3.8, 4) is 11.5 Å². The van der Waals surface area contributed by atoms with Crippen LogP contribution in [0, 0.1) is 0 Å². The number of ether oxygens (including phenoxy) is 3. The highest BCUT2D eigenvalue weighted by Crippen LogP contribution is 2.34. The molecule has 1 aliphatic heterocycles. The molecule has 8 heteroatoms. The largest absolute Gasteiger partial charge is 0.482 e. The molecule has 0 fully saturated rings. The second-order valence-corrected chi connectivity index (χ2v) is 6.76. The predicted molar refractivity (Wildman–Crippen MR) is 102 cm³/mol. The maximum atomic E-state index is 12.5. The summed E-state index contributed by atoms with van der Waals surface area (Å²) in [5.41, 5.74) is 0.330. The van der Waals surface area contributed by atoms with Crippen LogP contribution in [0.3, 0.4) is 0 Å². The Hall–Kier alpha value is -2.44. The van der Waals surface area contributed by atoms with Crippen molar-refractivity contribution in [3.05, 3.63) is 52.5 Å². The standard InChI is InChI=1S/C19H17Cl2NO5/c1-10-17(27-15-9-4-3-8-14(15)25-10)19(24)26-11(2)18(23)22-13-7-5-6-12(20)16(13)21/h3-11,17H,1-2H3,(H,22,23). The Morgan fingerprint density at radius 2 is 1.74 bits per heavy atom. The first-order valence-corrected chi connectivity index (χ1v) is 9.00. The fourth-order valence-electron chi connectivity index (χ4n) is 2.51. The van der Waals surface area contributed by atoms with Crippen LogP contribution in [0.15, 0.2) is 42.5 Å². The minimum Gasteiger partial charge on any atom is -0.482 e. The molecule has 2 aromatic rings. The first-order chi connectivity index (χ1) is 12.9. The highest BCUT2D eigenvalue weighted by atomic mass is 35.5. The number of carbonyl (C=O) groups excluding carboxylic acids is 2. The minimum atomic E-state index is -1.07. The van der Waals surface area contributed by atoms with Gasteiger partial charge in [0.05, 0.1) is 15.7 Å². The maximum Gasteiger partial charge on any atom is 0.352 e. The lowest BCUT2D eigenvalue weighted by Gasteiger charge is -2.31. The molecule has 0 saturated heterocycles. The van der Waals surface area contributed by atoms with Gasteiger partial charge in [-0.05, 0) is 38.1 Å². The van der Waals surface area contributed by atoms with Gasteiger partial charge in [-0.2, -0.15) is 0 Å². The molecule has 1 heterocycles. The van der Waals surface area contributed by atoms with Crippen LogP contribution in [0.5, 0.6) is 11.5 Å². The summed E-state index contributed by atoms with van der Waals surface area (Å²) in [5, 5.41) is 3.09. The Kier molecular flexibility index (Phi) is 5.77. The van der Waals surface area contributed by atoms with E-state index in [0.717, 1.165) is 0 Å². The van der Waals surface area contributed by atoms with E-state index in [1.807, 2.05) is 0 Å². The third kappa shape index (κ3) is 4.28. The van der Waals surface area contributed by atoms with Gasteiger partial charge in [0.1, 0.15) is 6.10 Å². The zero-order chi connectivity index (χ0) is 19.6. The molecule has 1 aliphatic rings. The SMILES string of the molecule is CC(OC(=O)C1Oc2ccccc2OC1C)C(=O)Nc1cccc(Cl)c1Cl. The number of benzene rings is 2. The van der Waals surface area contributed by atoms with E-state index in [-0.39, 0.29) is 5.02 Å². The first kappa shape index (κ1) is 19.3. The fraction of sp³-hybridized carbons (Fsp3) is 0.263. The van der Waals surface area contributed by atoms with Crippen molar-refractivity contribution in [1.82, 2.24) is 0 Å². The van der Waals surface area contributed by atoms with Crippen molar-refractivity contribution >= 4 is 40.8 Å². The molecule has 0 spiro atoms. The van der Waals surface area contributed by atoms with Gasteiger partial charge in [-0.25, -0.2) is 4.79 Å². The van der Waals surface area contributed by atoms with Gasteiger partial charge in [-0.3, -0.25) is 4.79 Å². The van der Waals surface area contributed by atoms with Crippen molar-refractivity contribution in [2.24, 2.45) is 0 Å². The van der Waals surface area contributed by atoms with Crippen LogP contribution in [0.2, 0.25) is 10.0 Å². The number of amides is 1. The number of hydrogen-bond donors (Lipinski definition) is 1. The molecule has 0 radical (unpaired) electrons. The highest BCUT2D eigenvalue weighted by molar-refractivity contribution is 6.44. The molecule has 3 unspecified atom stereocenters. The van der Waals surface area contributed by atoms with E-state index < -0.39 is 30.2 Å². The Balaban J connectivity index is 1.63. The minimum absolute atomic E-state index is 0.209. The summed E-state index contributed by atoms with van der Waals surface area (Å²) in [7, 11) is 0. The average molecular weight is 410 g/mol. The number of nitrogens with one attached hydrogen (secondary N) is 1. The van der Waals surface area contributed by atoms with E-state index in [9.17, 15) is 9.59 Å². The summed E-state index contributed by atoms with van der Waals surface area (Å²) in [6, 6.07) is 11.9. The van der Waals surface area contributed by atoms with Crippen LogP contribution in [0.4, 0.5) is 5.69 Å². The Morgan fingerprint density at radius 3 is 2.44 bits per heavy atom. The first-order valence-electron chi connectivity index (χ1n) is 8.24. The second kappa shape index (κ2) is 8.06. The van der Waals surface area contributed by atoms with Crippen molar-refractivity contribution in [2.75, 3.05) is 5.32 Å².